The Bertz CT molecular complexity index is 1470. The van der Waals surface area contributed by atoms with Crippen molar-refractivity contribution in [3.63, 3.8) is 0 Å². The number of methoxy groups -OCH3 is 2. The minimum Gasteiger partial charge on any atom is -0.497 e. The van der Waals surface area contributed by atoms with Crippen LogP contribution in [0, 0.1) is 10.8 Å². The Labute approximate surface area is 230 Å². The molecule has 2 heterocycles. The van der Waals surface area contributed by atoms with E-state index in [1.54, 1.807) is 25.6 Å². The first-order chi connectivity index (χ1) is 18.1. The third-order valence-corrected chi connectivity index (χ3v) is 8.26. The summed E-state index contributed by atoms with van der Waals surface area (Å²) in [6.07, 6.45) is 1.77. The number of aryl methyl sites for hydroxylation is 2. The predicted molar refractivity (Wildman–Crippen MR) is 158 cm³/mol. The van der Waals surface area contributed by atoms with E-state index in [-0.39, 0.29) is 10.8 Å². The van der Waals surface area contributed by atoms with Crippen molar-refractivity contribution >= 4 is 27.3 Å². The van der Waals surface area contributed by atoms with E-state index in [4.69, 9.17) is 19.2 Å². The van der Waals surface area contributed by atoms with E-state index in [0.717, 1.165) is 51.8 Å². The van der Waals surface area contributed by atoms with Gasteiger partial charge in [0, 0.05) is 11.0 Å². The Kier molecular flexibility index (Phi) is 6.99. The molecule has 198 valence electrons. The van der Waals surface area contributed by atoms with Crippen LogP contribution in [-0.2, 0) is 17.6 Å². The second kappa shape index (κ2) is 10.1. The van der Waals surface area contributed by atoms with E-state index in [2.05, 4.69) is 89.2 Å². The smallest absolute Gasteiger partial charge is 0.129 e. The number of ether oxygens (including phenoxy) is 3. The van der Waals surface area contributed by atoms with Crippen LogP contribution in [0.1, 0.15) is 51.3 Å². The molecule has 0 unspecified atom stereocenters. The number of benzene rings is 3. The number of fused-ring (bicyclic) bond motifs is 1. The molecule has 0 bridgehead atoms. The van der Waals surface area contributed by atoms with Gasteiger partial charge in [-0.3, -0.25) is 0 Å². The molecule has 1 aliphatic rings. The summed E-state index contributed by atoms with van der Waals surface area (Å²) in [6.45, 7) is 12.0. The minimum atomic E-state index is -0.00160. The molecule has 0 spiro atoms. The van der Waals surface area contributed by atoms with Crippen LogP contribution < -0.4 is 9.47 Å². The third-order valence-electron chi connectivity index (χ3n) is 7.19. The first-order valence-corrected chi connectivity index (χ1v) is 14.0. The van der Waals surface area contributed by atoms with Crippen LogP contribution in [0.4, 0.5) is 0 Å². The summed E-state index contributed by atoms with van der Waals surface area (Å²) >= 11 is 1.69. The number of aromatic nitrogens is 1. The van der Waals surface area contributed by atoms with Crippen LogP contribution >= 0.6 is 11.3 Å². The highest BCUT2D eigenvalue weighted by Crippen LogP contribution is 2.50. The Hall–Kier alpha value is -3.31. The summed E-state index contributed by atoms with van der Waals surface area (Å²) in [5.41, 5.74) is 6.97. The summed E-state index contributed by atoms with van der Waals surface area (Å²) in [5.74, 6) is 2.72. The lowest BCUT2D eigenvalue weighted by Crippen LogP contribution is -2.24. The minimum absolute atomic E-state index is 0.00160. The zero-order chi connectivity index (χ0) is 27.1. The normalized spacial score (nSPS) is 15.1. The monoisotopic (exact) mass is 527 g/mol. The summed E-state index contributed by atoms with van der Waals surface area (Å²) in [5, 5.41) is 0.981. The highest BCUT2D eigenvalue weighted by Gasteiger charge is 2.41. The van der Waals surface area contributed by atoms with E-state index in [9.17, 15) is 0 Å². The molecule has 0 saturated heterocycles. The molecule has 0 radical (unpaired) electrons. The molecular formula is C33H37NO3S. The lowest BCUT2D eigenvalue weighted by molar-refractivity contribution is 0.213. The van der Waals surface area contributed by atoms with Gasteiger partial charge in [0.15, 0.2) is 0 Å². The van der Waals surface area contributed by atoms with E-state index in [0.29, 0.717) is 6.61 Å². The fourth-order valence-electron chi connectivity index (χ4n) is 5.69. The number of hydrogen-bond donors (Lipinski definition) is 0. The molecule has 0 atom stereocenters. The van der Waals surface area contributed by atoms with Crippen LogP contribution in [0.3, 0.4) is 0 Å². The molecule has 3 aromatic carbocycles. The molecule has 0 saturated carbocycles. The quantitative estimate of drug-likeness (QED) is 0.241. The standard InChI is InChI=1S/C33H37NO3S/c1-32(2,3)30-29(37-20-33(30,4)5)23-16-22(17-24(19-23)35-6)13-12-21-14-15-25(27(18-21)36-7)31-34-26-10-8-9-11-28(26)38-31/h8-11,14-19H,12-13,20H2,1-7H3. The molecule has 1 aliphatic heterocycles. The van der Waals surface area contributed by atoms with Gasteiger partial charge in [-0.15, -0.1) is 11.3 Å². The molecule has 5 rings (SSSR count). The number of thiazole rings is 1. The number of para-hydroxylation sites is 1. The Morgan fingerprint density at radius 1 is 0.921 bits per heavy atom. The molecule has 5 heteroatoms. The SMILES string of the molecule is COc1cc(CCc2ccc(-c3nc4ccccc4s3)c(OC)c2)cc(C2=C(C(C)(C)C)C(C)(C)CO2)c1. The second-order valence-corrected chi connectivity index (χ2v) is 12.7. The van der Waals surface area contributed by atoms with Crippen LogP contribution in [0.15, 0.2) is 66.2 Å². The topological polar surface area (TPSA) is 40.6 Å². The fraction of sp³-hybridized carbons (Fsp3) is 0.364. The van der Waals surface area contributed by atoms with Gasteiger partial charge in [0.25, 0.3) is 0 Å². The van der Waals surface area contributed by atoms with Gasteiger partial charge in [-0.1, -0.05) is 52.8 Å². The van der Waals surface area contributed by atoms with Crippen molar-refractivity contribution in [2.75, 3.05) is 20.8 Å². The van der Waals surface area contributed by atoms with Gasteiger partial charge in [-0.2, -0.15) is 0 Å². The molecule has 0 N–H and O–H groups in total. The lowest BCUT2D eigenvalue weighted by Gasteiger charge is -2.31. The van der Waals surface area contributed by atoms with Gasteiger partial charge in [0.05, 0.1) is 36.6 Å². The Balaban J connectivity index is 1.42. The van der Waals surface area contributed by atoms with Gasteiger partial charge in [-0.25, -0.2) is 4.98 Å². The Morgan fingerprint density at radius 3 is 2.39 bits per heavy atom. The molecule has 0 aliphatic carbocycles. The summed E-state index contributed by atoms with van der Waals surface area (Å²) in [4.78, 5) is 4.82. The summed E-state index contributed by atoms with van der Waals surface area (Å²) < 4.78 is 19.0. The first kappa shape index (κ1) is 26.3. The van der Waals surface area contributed by atoms with Crippen molar-refractivity contribution in [3.8, 4) is 22.1 Å². The zero-order valence-electron chi connectivity index (χ0n) is 23.5. The van der Waals surface area contributed by atoms with Crippen LogP contribution in [-0.4, -0.2) is 25.8 Å². The second-order valence-electron chi connectivity index (χ2n) is 11.7. The molecule has 4 nitrogen and oxygen atoms in total. The van der Waals surface area contributed by atoms with Gasteiger partial charge in [-0.05, 0) is 77.4 Å². The highest BCUT2D eigenvalue weighted by molar-refractivity contribution is 7.21. The largest absolute Gasteiger partial charge is 0.497 e. The van der Waals surface area contributed by atoms with Crippen molar-refractivity contribution in [1.29, 1.82) is 0 Å². The van der Waals surface area contributed by atoms with Crippen molar-refractivity contribution in [2.24, 2.45) is 10.8 Å². The number of nitrogens with zero attached hydrogens (tertiary/aromatic N) is 1. The molecule has 0 fully saturated rings. The van der Waals surface area contributed by atoms with E-state index >= 15 is 0 Å². The average molecular weight is 528 g/mol. The van der Waals surface area contributed by atoms with Gasteiger partial charge >= 0.3 is 0 Å². The summed E-state index contributed by atoms with van der Waals surface area (Å²) in [7, 11) is 3.46. The van der Waals surface area contributed by atoms with Crippen LogP contribution in [0.2, 0.25) is 0 Å². The molecular weight excluding hydrogens is 490 g/mol. The van der Waals surface area contributed by atoms with Crippen molar-refractivity contribution in [3.05, 3.63) is 82.9 Å². The lowest BCUT2D eigenvalue weighted by atomic mass is 9.71. The molecule has 38 heavy (non-hydrogen) atoms. The maximum atomic E-state index is 6.32. The van der Waals surface area contributed by atoms with E-state index in [1.165, 1.54) is 21.4 Å². The zero-order valence-corrected chi connectivity index (χ0v) is 24.3. The Morgan fingerprint density at radius 2 is 1.68 bits per heavy atom. The number of hydrogen-bond acceptors (Lipinski definition) is 5. The van der Waals surface area contributed by atoms with Gasteiger partial charge in [0.2, 0.25) is 0 Å². The average Bonchev–Trinajstić information content (AvgIpc) is 3.47. The van der Waals surface area contributed by atoms with E-state index in [1.807, 2.05) is 6.07 Å². The van der Waals surface area contributed by atoms with Crippen molar-refractivity contribution < 1.29 is 14.2 Å². The van der Waals surface area contributed by atoms with Gasteiger partial charge in [0.1, 0.15) is 22.3 Å². The van der Waals surface area contributed by atoms with E-state index < -0.39 is 0 Å². The molecule has 4 aromatic rings. The van der Waals surface area contributed by atoms with Crippen LogP contribution in [0.25, 0.3) is 26.5 Å². The first-order valence-electron chi connectivity index (χ1n) is 13.2. The highest BCUT2D eigenvalue weighted by atomic mass is 32.1. The van der Waals surface area contributed by atoms with Crippen molar-refractivity contribution in [1.82, 2.24) is 4.98 Å². The molecule has 1 aromatic heterocycles. The maximum Gasteiger partial charge on any atom is 0.129 e. The van der Waals surface area contributed by atoms with Gasteiger partial charge < -0.3 is 14.2 Å². The van der Waals surface area contributed by atoms with Crippen LogP contribution in [0.5, 0.6) is 11.5 Å². The fourth-order valence-corrected chi connectivity index (χ4v) is 6.68. The number of rotatable bonds is 7. The predicted octanol–water partition coefficient (Wildman–Crippen LogP) is 8.58. The van der Waals surface area contributed by atoms with Crippen molar-refractivity contribution in [2.45, 2.75) is 47.5 Å². The molecule has 0 amide bonds. The third kappa shape index (κ3) is 5.17. The maximum absolute atomic E-state index is 6.32. The summed E-state index contributed by atoms with van der Waals surface area (Å²) in [6, 6.07) is 21.2.